The third kappa shape index (κ3) is 13.5. The fourth-order valence-corrected chi connectivity index (χ4v) is 11.6. The SMILES string of the molecule is Cc1cc(C(C(=O)N2CC(O)CC2C(=O)NC(CC(=O)NCCOCCOCCOCCNC(=O)CC2N=C(c3ccc(Cl)cc3)c3c(sc(C)c3C)-n3c(C)nnc32)c2ccc(-c3scnc3C)cc2)C(C)C)on1. The molecule has 6 heterocycles. The molecule has 5 unspecified atom stereocenters. The topological polar surface area (TPSA) is 238 Å². The summed E-state index contributed by atoms with van der Waals surface area (Å²) >= 11 is 9.42. The summed E-state index contributed by atoms with van der Waals surface area (Å²) in [6, 6.07) is 14.6. The molecule has 0 aliphatic carbocycles. The summed E-state index contributed by atoms with van der Waals surface area (Å²) in [5.74, 6) is -0.479. The lowest BCUT2D eigenvalue weighted by atomic mass is 9.91. The zero-order valence-electron chi connectivity index (χ0n) is 43.8. The number of aliphatic hydroxyl groups excluding tert-OH is 1. The van der Waals surface area contributed by atoms with Crippen molar-refractivity contribution in [1.82, 2.24) is 45.8 Å². The largest absolute Gasteiger partial charge is 0.391 e. The van der Waals surface area contributed by atoms with Gasteiger partial charge in [-0.25, -0.2) is 4.98 Å². The van der Waals surface area contributed by atoms with Crippen LogP contribution in [-0.2, 0) is 33.4 Å². The van der Waals surface area contributed by atoms with Gasteiger partial charge in [-0.2, -0.15) is 0 Å². The van der Waals surface area contributed by atoms with Crippen molar-refractivity contribution in [3.05, 3.63) is 121 Å². The van der Waals surface area contributed by atoms with Crippen LogP contribution in [0, 0.1) is 40.5 Å². The molecular weight excluding hydrogens is 1030 g/mol. The molecule has 1 saturated heterocycles. The Morgan fingerprint density at radius 3 is 2.16 bits per heavy atom. The molecule has 1 fully saturated rings. The number of carbonyl (C=O) groups is 4. The number of aliphatic hydroxyl groups is 1. The normalized spacial score (nSPS) is 16.9. The van der Waals surface area contributed by atoms with Gasteiger partial charge in [0, 0.05) is 53.1 Å². The van der Waals surface area contributed by atoms with Crippen molar-refractivity contribution < 1.29 is 43.0 Å². The predicted molar refractivity (Wildman–Crippen MR) is 289 cm³/mol. The van der Waals surface area contributed by atoms with E-state index in [4.69, 9.17) is 35.3 Å². The zero-order valence-corrected chi connectivity index (χ0v) is 46.1. The van der Waals surface area contributed by atoms with Crippen molar-refractivity contribution >= 4 is 63.6 Å². The molecule has 8 rings (SSSR count). The highest BCUT2D eigenvalue weighted by Gasteiger charge is 2.44. The molecule has 19 nitrogen and oxygen atoms in total. The first-order valence-corrected chi connectivity index (χ1v) is 27.5. The van der Waals surface area contributed by atoms with Crippen LogP contribution in [0.4, 0.5) is 0 Å². The molecule has 6 aromatic rings. The van der Waals surface area contributed by atoms with E-state index in [1.54, 1.807) is 29.8 Å². The number of aliphatic imine (C=N–C) groups is 1. The average molecular weight is 1100 g/mol. The van der Waals surface area contributed by atoms with Gasteiger partial charge in [-0.3, -0.25) is 28.7 Å². The van der Waals surface area contributed by atoms with Crippen LogP contribution in [0.3, 0.4) is 0 Å². The number of nitrogens with zero attached hydrogens (tertiary/aromatic N) is 7. The standard InChI is InChI=1S/C54H65ClN10O9S2/c1-30(2)47(44-24-31(3)63-74-44)53(70)64-28-40(66)25-43(64)52(69)60-41(36-8-10-38(11-9-36)50-33(5)58-29-75-50)26-45(67)56-16-18-71-20-22-73-23-21-72-19-17-57-46(68)27-42-51-62-61-35(7)65(51)54-48(32(4)34(6)76-54)49(59-42)37-12-14-39(55)15-13-37/h8-15,24,29-30,40-43,47,66H,16-23,25-28H2,1-7H3,(H,56,67)(H,57,68)(H,60,69). The average Bonchev–Trinajstić information content (AvgIpc) is 4.26. The number of fused-ring (bicyclic) bond motifs is 3. The van der Waals surface area contributed by atoms with Gasteiger partial charge in [-0.1, -0.05) is 67.0 Å². The Hall–Kier alpha value is -6.20. The van der Waals surface area contributed by atoms with E-state index in [1.807, 2.05) is 80.8 Å². The van der Waals surface area contributed by atoms with Gasteiger partial charge in [0.05, 0.1) is 92.1 Å². The number of benzene rings is 2. The van der Waals surface area contributed by atoms with Gasteiger partial charge in [0.2, 0.25) is 23.6 Å². The van der Waals surface area contributed by atoms with Gasteiger partial charge in [0.1, 0.15) is 34.6 Å². The predicted octanol–water partition coefficient (Wildman–Crippen LogP) is 6.85. The van der Waals surface area contributed by atoms with E-state index in [0.29, 0.717) is 54.2 Å². The van der Waals surface area contributed by atoms with Gasteiger partial charge < -0.3 is 44.7 Å². The van der Waals surface area contributed by atoms with Crippen LogP contribution in [0.25, 0.3) is 15.4 Å². The smallest absolute Gasteiger partial charge is 0.243 e. The summed E-state index contributed by atoms with van der Waals surface area (Å²) in [6.07, 6.45) is -0.883. The minimum atomic E-state index is -0.970. The number of ether oxygens (including phenoxy) is 3. The molecule has 404 valence electrons. The second kappa shape index (κ2) is 25.8. The van der Waals surface area contributed by atoms with Gasteiger partial charge in [-0.05, 0) is 69.4 Å². The Morgan fingerprint density at radius 2 is 1.53 bits per heavy atom. The van der Waals surface area contributed by atoms with Crippen molar-refractivity contribution in [3.8, 4) is 15.4 Å². The lowest BCUT2D eigenvalue weighted by Crippen LogP contribution is -2.49. The number of likely N-dealkylation sites (tertiary alicyclic amines) is 1. The van der Waals surface area contributed by atoms with Gasteiger partial charge in [-0.15, -0.1) is 32.9 Å². The number of carbonyl (C=O) groups excluding carboxylic acids is 4. The van der Waals surface area contributed by atoms with Crippen molar-refractivity contribution in [1.29, 1.82) is 0 Å². The van der Waals surface area contributed by atoms with E-state index in [0.717, 1.165) is 54.2 Å². The molecule has 0 saturated carbocycles. The van der Waals surface area contributed by atoms with Crippen LogP contribution in [0.2, 0.25) is 5.02 Å². The van der Waals surface area contributed by atoms with Crippen LogP contribution in [0.1, 0.15) is 107 Å². The number of hydrogen-bond acceptors (Lipinski definition) is 16. The fraction of sp³-hybridized carbons (Fsp3) is 0.463. The van der Waals surface area contributed by atoms with Crippen molar-refractivity contribution in [2.24, 2.45) is 10.9 Å². The lowest BCUT2D eigenvalue weighted by molar-refractivity contribution is -0.141. The van der Waals surface area contributed by atoms with Gasteiger partial charge in [0.25, 0.3) is 0 Å². The quantitative estimate of drug-likeness (QED) is 0.0455. The van der Waals surface area contributed by atoms with E-state index >= 15 is 0 Å². The third-order valence-corrected chi connectivity index (χ3v) is 15.8. The summed E-state index contributed by atoms with van der Waals surface area (Å²) < 4.78 is 24.6. The van der Waals surface area contributed by atoms with E-state index in [-0.39, 0.29) is 75.8 Å². The van der Waals surface area contributed by atoms with Gasteiger partial charge in [0.15, 0.2) is 5.82 Å². The van der Waals surface area contributed by atoms with Gasteiger partial charge >= 0.3 is 0 Å². The molecule has 0 spiro atoms. The van der Waals surface area contributed by atoms with Crippen LogP contribution < -0.4 is 16.0 Å². The number of thiophene rings is 1. The molecule has 22 heteroatoms. The summed E-state index contributed by atoms with van der Waals surface area (Å²) in [6.45, 7) is 15.8. The van der Waals surface area contributed by atoms with E-state index in [9.17, 15) is 24.3 Å². The van der Waals surface area contributed by atoms with E-state index in [2.05, 4.69) is 50.1 Å². The Labute approximate surface area is 454 Å². The van der Waals surface area contributed by atoms with Crippen LogP contribution in [0.15, 0.2) is 69.6 Å². The molecule has 0 radical (unpaired) electrons. The number of aromatic nitrogens is 5. The molecule has 2 aliphatic heterocycles. The van der Waals surface area contributed by atoms with E-state index in [1.165, 1.54) is 16.2 Å². The van der Waals surface area contributed by atoms with E-state index < -0.39 is 36.1 Å². The maximum atomic E-state index is 14.1. The lowest BCUT2D eigenvalue weighted by Gasteiger charge is -2.30. The number of aryl methyl sites for hydroxylation is 4. The first-order valence-electron chi connectivity index (χ1n) is 25.4. The second-order valence-electron chi connectivity index (χ2n) is 19.3. The number of halogens is 1. The number of thiazole rings is 1. The summed E-state index contributed by atoms with van der Waals surface area (Å²) in [7, 11) is 0. The number of rotatable bonds is 24. The maximum Gasteiger partial charge on any atom is 0.243 e. The number of β-amino-alcohol motifs (C(OH)–C–C–N with tert-alkyl or cyclic N) is 1. The Morgan fingerprint density at radius 1 is 0.868 bits per heavy atom. The molecule has 4 amide bonds. The Balaban J connectivity index is 0.756. The zero-order chi connectivity index (χ0) is 54.0. The monoisotopic (exact) mass is 1100 g/mol. The number of amides is 4. The molecule has 4 aromatic heterocycles. The molecular formula is C54H65ClN10O9S2. The maximum absolute atomic E-state index is 14.1. The molecule has 5 atom stereocenters. The summed E-state index contributed by atoms with van der Waals surface area (Å²) in [5, 5.41) is 34.0. The van der Waals surface area contributed by atoms with Crippen molar-refractivity contribution in [2.45, 2.75) is 97.9 Å². The first kappa shape index (κ1) is 56.0. The fourth-order valence-electron chi connectivity index (χ4n) is 9.42. The molecule has 4 N–H and O–H groups in total. The number of nitrogens with one attached hydrogen (secondary N) is 3. The molecule has 2 aromatic carbocycles. The van der Waals surface area contributed by atoms with Crippen LogP contribution in [0.5, 0.6) is 0 Å². The highest BCUT2D eigenvalue weighted by molar-refractivity contribution is 7.15. The highest BCUT2D eigenvalue weighted by atomic mass is 35.5. The molecule has 2 aliphatic rings. The Bertz CT molecular complexity index is 3010. The second-order valence-corrected chi connectivity index (χ2v) is 21.8. The van der Waals surface area contributed by atoms with Crippen molar-refractivity contribution in [3.63, 3.8) is 0 Å². The van der Waals surface area contributed by atoms with Crippen LogP contribution >= 0.6 is 34.3 Å². The number of hydrogen-bond donors (Lipinski definition) is 4. The summed E-state index contributed by atoms with van der Waals surface area (Å²) in [4.78, 5) is 68.1. The minimum absolute atomic E-state index is 0.0155. The third-order valence-electron chi connectivity index (χ3n) is 13.4. The molecule has 0 bridgehead atoms. The highest BCUT2D eigenvalue weighted by Crippen LogP contribution is 2.40. The summed E-state index contributed by atoms with van der Waals surface area (Å²) in [5.41, 5.74) is 8.77. The Kier molecular flexibility index (Phi) is 19.0. The molecule has 76 heavy (non-hydrogen) atoms. The van der Waals surface area contributed by atoms with Crippen LogP contribution in [-0.4, -0.2) is 136 Å². The first-order chi connectivity index (χ1) is 36.6. The van der Waals surface area contributed by atoms with Crippen molar-refractivity contribution in [2.75, 3.05) is 59.3 Å². The minimum Gasteiger partial charge on any atom is -0.391 e.